The molecular weight excluding hydrogens is 240 g/mol. The third-order valence-electron chi connectivity index (χ3n) is 2.68. The van der Waals surface area contributed by atoms with Crippen LogP contribution in [0.3, 0.4) is 0 Å². The van der Waals surface area contributed by atoms with Crippen molar-refractivity contribution in [1.29, 1.82) is 0 Å². The maximum atomic E-state index is 11.7. The lowest BCUT2D eigenvalue weighted by Gasteiger charge is -2.16. The van der Waals surface area contributed by atoms with Crippen LogP contribution in [0.1, 0.15) is 31.1 Å². The molecule has 1 rings (SSSR count). The Morgan fingerprint density at radius 2 is 2.18 bits per heavy atom. The van der Waals surface area contributed by atoms with E-state index >= 15 is 0 Å². The molecule has 0 fully saturated rings. The Kier molecular flexibility index (Phi) is 6.20. The van der Waals surface area contributed by atoms with Crippen LogP contribution in [-0.2, 0) is 11.8 Å². The van der Waals surface area contributed by atoms with Crippen LogP contribution < -0.4 is 11.1 Å². The van der Waals surface area contributed by atoms with Crippen molar-refractivity contribution in [3.63, 3.8) is 0 Å². The molecule has 1 aromatic heterocycles. The van der Waals surface area contributed by atoms with Gasteiger partial charge in [0.1, 0.15) is 0 Å². The molecule has 0 saturated carbocycles. The van der Waals surface area contributed by atoms with Crippen molar-refractivity contribution in [3.05, 3.63) is 17.5 Å². The number of aromatic nitrogens is 2. The molecular formula is C11H21ClN4O. The molecule has 0 aromatic carbocycles. The molecule has 1 heterocycles. The summed E-state index contributed by atoms with van der Waals surface area (Å²) >= 11 is 0. The molecule has 2 unspecified atom stereocenters. The summed E-state index contributed by atoms with van der Waals surface area (Å²) in [4.78, 5) is 11.7. The number of halogens is 1. The zero-order valence-electron chi connectivity index (χ0n) is 10.7. The van der Waals surface area contributed by atoms with Crippen molar-refractivity contribution in [3.8, 4) is 0 Å². The number of nitrogens with one attached hydrogen (secondary N) is 1. The molecule has 0 radical (unpaired) electrons. The Labute approximate surface area is 108 Å². The van der Waals surface area contributed by atoms with Crippen LogP contribution in [-0.4, -0.2) is 22.2 Å². The molecule has 98 valence electrons. The van der Waals surface area contributed by atoms with Gasteiger partial charge in [-0.05, 0) is 13.8 Å². The first-order chi connectivity index (χ1) is 7.45. The Morgan fingerprint density at radius 1 is 1.59 bits per heavy atom. The number of nitrogens with two attached hydrogens (primary N) is 1. The highest BCUT2D eigenvalue weighted by Crippen LogP contribution is 2.15. The molecule has 0 aliphatic carbocycles. The third-order valence-corrected chi connectivity index (χ3v) is 2.68. The molecule has 5 nitrogen and oxygen atoms in total. The van der Waals surface area contributed by atoms with Crippen LogP contribution in [0.15, 0.2) is 6.20 Å². The molecule has 1 aromatic rings. The van der Waals surface area contributed by atoms with Crippen molar-refractivity contribution in [2.75, 3.05) is 6.54 Å². The topological polar surface area (TPSA) is 72.9 Å². The number of hydrogen-bond acceptors (Lipinski definition) is 3. The van der Waals surface area contributed by atoms with E-state index in [-0.39, 0.29) is 30.3 Å². The number of rotatable bonds is 4. The fourth-order valence-corrected chi connectivity index (χ4v) is 1.58. The van der Waals surface area contributed by atoms with Crippen LogP contribution in [0.2, 0.25) is 0 Å². The van der Waals surface area contributed by atoms with E-state index in [0.29, 0.717) is 6.54 Å². The van der Waals surface area contributed by atoms with Crippen molar-refractivity contribution in [2.24, 2.45) is 18.7 Å². The van der Waals surface area contributed by atoms with Gasteiger partial charge in [-0.25, -0.2) is 0 Å². The van der Waals surface area contributed by atoms with Gasteiger partial charge in [-0.1, -0.05) is 6.92 Å². The normalized spacial score (nSPS) is 13.7. The van der Waals surface area contributed by atoms with Gasteiger partial charge in [0.25, 0.3) is 0 Å². The molecule has 0 saturated heterocycles. The van der Waals surface area contributed by atoms with E-state index in [1.54, 1.807) is 4.68 Å². The molecule has 0 aliphatic heterocycles. The summed E-state index contributed by atoms with van der Waals surface area (Å²) in [7, 11) is 1.87. The molecule has 0 bridgehead atoms. The second-order valence-electron chi connectivity index (χ2n) is 4.21. The fourth-order valence-electron chi connectivity index (χ4n) is 1.58. The second-order valence-corrected chi connectivity index (χ2v) is 4.21. The van der Waals surface area contributed by atoms with Crippen molar-refractivity contribution >= 4 is 18.3 Å². The van der Waals surface area contributed by atoms with Gasteiger partial charge in [-0.3, -0.25) is 9.48 Å². The quantitative estimate of drug-likeness (QED) is 0.846. The van der Waals surface area contributed by atoms with Gasteiger partial charge in [0.05, 0.1) is 11.7 Å². The maximum Gasteiger partial charge on any atom is 0.224 e. The summed E-state index contributed by atoms with van der Waals surface area (Å²) in [6.45, 7) is 6.07. The van der Waals surface area contributed by atoms with Gasteiger partial charge in [-0.2, -0.15) is 5.10 Å². The zero-order valence-corrected chi connectivity index (χ0v) is 11.5. The summed E-state index contributed by atoms with van der Waals surface area (Å²) in [6.07, 6.45) is 1.92. The second kappa shape index (κ2) is 6.61. The Balaban J connectivity index is 0.00000256. The Hall–Kier alpha value is -1.07. The number of amides is 1. The van der Waals surface area contributed by atoms with E-state index in [2.05, 4.69) is 10.4 Å². The lowest BCUT2D eigenvalue weighted by Crippen LogP contribution is -2.35. The van der Waals surface area contributed by atoms with Crippen molar-refractivity contribution in [1.82, 2.24) is 15.1 Å². The van der Waals surface area contributed by atoms with Crippen LogP contribution in [0, 0.1) is 12.8 Å². The van der Waals surface area contributed by atoms with E-state index in [1.165, 1.54) is 0 Å². The predicted molar refractivity (Wildman–Crippen MR) is 70.0 cm³/mol. The zero-order chi connectivity index (χ0) is 12.3. The first-order valence-corrected chi connectivity index (χ1v) is 5.46. The minimum absolute atomic E-state index is 0. The third kappa shape index (κ3) is 4.02. The molecule has 0 spiro atoms. The summed E-state index contributed by atoms with van der Waals surface area (Å²) < 4.78 is 1.75. The Bertz CT molecular complexity index is 378. The highest BCUT2D eigenvalue weighted by atomic mass is 35.5. The van der Waals surface area contributed by atoms with Gasteiger partial charge in [-0.15, -0.1) is 12.4 Å². The van der Waals surface area contributed by atoms with Gasteiger partial charge in [0, 0.05) is 31.3 Å². The molecule has 0 aliphatic rings. The molecule has 6 heteroatoms. The number of aryl methyl sites for hydroxylation is 2. The number of hydrogen-bond donors (Lipinski definition) is 2. The standard InChI is InChI=1S/C11H20N4O.ClH/c1-7(5-12)11(16)13-8(2)10-6-15(4)14-9(10)3;/h6-8H,5,12H2,1-4H3,(H,13,16);1H. The fraction of sp³-hybridized carbons (Fsp3) is 0.636. The number of nitrogens with zero attached hydrogens (tertiary/aromatic N) is 2. The average Bonchev–Trinajstić information content (AvgIpc) is 2.56. The van der Waals surface area contributed by atoms with Crippen LogP contribution in [0.25, 0.3) is 0 Å². The lowest BCUT2D eigenvalue weighted by atomic mass is 10.1. The van der Waals surface area contributed by atoms with E-state index in [9.17, 15) is 4.79 Å². The van der Waals surface area contributed by atoms with Gasteiger partial charge in [0.15, 0.2) is 0 Å². The van der Waals surface area contributed by atoms with Crippen LogP contribution in [0.5, 0.6) is 0 Å². The highest BCUT2D eigenvalue weighted by Gasteiger charge is 2.17. The largest absolute Gasteiger partial charge is 0.349 e. The van der Waals surface area contributed by atoms with E-state index in [1.807, 2.05) is 34.0 Å². The van der Waals surface area contributed by atoms with Gasteiger partial charge >= 0.3 is 0 Å². The van der Waals surface area contributed by atoms with E-state index < -0.39 is 0 Å². The maximum absolute atomic E-state index is 11.7. The molecule has 2 atom stereocenters. The minimum Gasteiger partial charge on any atom is -0.349 e. The van der Waals surface area contributed by atoms with E-state index in [4.69, 9.17) is 5.73 Å². The smallest absolute Gasteiger partial charge is 0.224 e. The SMILES string of the molecule is Cc1nn(C)cc1C(C)NC(=O)C(C)CN.Cl. The monoisotopic (exact) mass is 260 g/mol. The molecule has 1 amide bonds. The number of carbonyl (C=O) groups excluding carboxylic acids is 1. The molecule has 3 N–H and O–H groups in total. The first kappa shape index (κ1) is 15.9. The Morgan fingerprint density at radius 3 is 2.59 bits per heavy atom. The molecule has 17 heavy (non-hydrogen) atoms. The van der Waals surface area contributed by atoms with Gasteiger partial charge < -0.3 is 11.1 Å². The van der Waals surface area contributed by atoms with Crippen LogP contribution >= 0.6 is 12.4 Å². The number of carbonyl (C=O) groups is 1. The minimum atomic E-state index is -0.153. The summed E-state index contributed by atoms with van der Waals surface area (Å²) in [5, 5.41) is 7.17. The van der Waals surface area contributed by atoms with Gasteiger partial charge in [0.2, 0.25) is 5.91 Å². The average molecular weight is 261 g/mol. The predicted octanol–water partition coefficient (Wildman–Crippen LogP) is 0.922. The summed E-state index contributed by atoms with van der Waals surface area (Å²) in [5.41, 5.74) is 7.43. The van der Waals surface area contributed by atoms with Crippen molar-refractivity contribution < 1.29 is 4.79 Å². The summed E-state index contributed by atoms with van der Waals surface area (Å²) in [6, 6.07) is -0.0322. The highest BCUT2D eigenvalue weighted by molar-refractivity contribution is 5.85. The van der Waals surface area contributed by atoms with Crippen LogP contribution in [0.4, 0.5) is 0 Å². The van der Waals surface area contributed by atoms with E-state index in [0.717, 1.165) is 11.3 Å². The lowest BCUT2D eigenvalue weighted by molar-refractivity contribution is -0.124. The first-order valence-electron chi connectivity index (χ1n) is 5.46. The summed E-state index contributed by atoms with van der Waals surface area (Å²) in [5.74, 6) is -0.169. The van der Waals surface area contributed by atoms with Crippen molar-refractivity contribution in [2.45, 2.75) is 26.8 Å².